The molecule has 1 N–H and O–H groups in total. The largest absolute Gasteiger partial charge is 0.496 e. The van der Waals surface area contributed by atoms with Crippen LogP contribution in [0.15, 0.2) is 29.8 Å². The van der Waals surface area contributed by atoms with Crippen LogP contribution in [0.5, 0.6) is 5.75 Å². The fourth-order valence-corrected chi connectivity index (χ4v) is 1.54. The van der Waals surface area contributed by atoms with Gasteiger partial charge in [0.2, 0.25) is 5.91 Å². The molecule has 0 unspecified atom stereocenters. The lowest BCUT2D eigenvalue weighted by molar-refractivity contribution is -0.120. The van der Waals surface area contributed by atoms with Gasteiger partial charge in [0.05, 0.1) is 20.1 Å². The van der Waals surface area contributed by atoms with Crippen molar-refractivity contribution in [1.29, 1.82) is 0 Å². The molecule has 0 heterocycles. The Morgan fingerprint density at radius 1 is 1.53 bits per heavy atom. The van der Waals surface area contributed by atoms with Crippen molar-refractivity contribution in [2.75, 3.05) is 13.7 Å². The third-order valence-electron chi connectivity index (χ3n) is 2.26. The number of hydrogen-bond donors (Lipinski definition) is 1. The van der Waals surface area contributed by atoms with Crippen LogP contribution in [0.4, 0.5) is 0 Å². The maximum Gasteiger partial charge on any atom is 0.224 e. The number of hydrogen-bond acceptors (Lipinski definition) is 2. The summed E-state index contributed by atoms with van der Waals surface area (Å²) in [6, 6.07) is 5.74. The predicted octanol–water partition coefficient (Wildman–Crippen LogP) is 2.41. The Morgan fingerprint density at radius 2 is 2.24 bits per heavy atom. The fourth-order valence-electron chi connectivity index (χ4n) is 1.48. The minimum absolute atomic E-state index is 0.101. The van der Waals surface area contributed by atoms with Crippen LogP contribution in [0, 0.1) is 6.92 Å². The van der Waals surface area contributed by atoms with E-state index in [0.29, 0.717) is 5.03 Å². The number of aryl methyl sites for hydroxylation is 1. The molecular weight excluding hydrogens is 238 g/mol. The molecule has 0 aliphatic carbocycles. The summed E-state index contributed by atoms with van der Waals surface area (Å²) < 4.78 is 5.20. The first-order valence-corrected chi connectivity index (χ1v) is 5.64. The standard InChI is InChI=1S/C13H16ClNO2/c1-9-4-5-12(17-3)11(6-9)7-13(16)15-8-10(2)14/h4-6H,2,7-8H2,1,3H3,(H,15,16). The average Bonchev–Trinajstić information content (AvgIpc) is 2.27. The smallest absolute Gasteiger partial charge is 0.224 e. The van der Waals surface area contributed by atoms with Crippen molar-refractivity contribution < 1.29 is 9.53 Å². The first-order chi connectivity index (χ1) is 8.02. The van der Waals surface area contributed by atoms with Gasteiger partial charge in [-0.05, 0) is 13.0 Å². The third-order valence-corrected chi connectivity index (χ3v) is 2.40. The van der Waals surface area contributed by atoms with Crippen molar-refractivity contribution >= 4 is 17.5 Å². The van der Waals surface area contributed by atoms with Crippen molar-refractivity contribution in [2.45, 2.75) is 13.3 Å². The van der Waals surface area contributed by atoms with E-state index in [2.05, 4.69) is 11.9 Å². The Morgan fingerprint density at radius 3 is 2.82 bits per heavy atom. The minimum Gasteiger partial charge on any atom is -0.496 e. The molecule has 0 aliphatic rings. The maximum absolute atomic E-state index is 11.6. The van der Waals surface area contributed by atoms with Gasteiger partial charge in [0.1, 0.15) is 5.75 Å². The molecule has 0 fully saturated rings. The molecule has 3 nitrogen and oxygen atoms in total. The number of methoxy groups -OCH3 is 1. The summed E-state index contributed by atoms with van der Waals surface area (Å²) in [7, 11) is 1.59. The second-order valence-electron chi connectivity index (χ2n) is 3.79. The topological polar surface area (TPSA) is 38.3 Å². The van der Waals surface area contributed by atoms with Gasteiger partial charge in [-0.15, -0.1) is 0 Å². The van der Waals surface area contributed by atoms with Crippen LogP contribution in [0.2, 0.25) is 0 Å². The molecule has 1 aromatic rings. The highest BCUT2D eigenvalue weighted by Gasteiger charge is 2.08. The molecule has 1 amide bonds. The zero-order chi connectivity index (χ0) is 12.8. The minimum atomic E-state index is -0.101. The van der Waals surface area contributed by atoms with E-state index in [1.54, 1.807) is 7.11 Å². The molecule has 4 heteroatoms. The predicted molar refractivity (Wildman–Crippen MR) is 69.4 cm³/mol. The Kier molecular flexibility index (Phi) is 5.04. The van der Waals surface area contributed by atoms with Gasteiger partial charge in [-0.1, -0.05) is 35.9 Å². The van der Waals surface area contributed by atoms with Gasteiger partial charge in [0.25, 0.3) is 0 Å². The number of ether oxygens (including phenoxy) is 1. The van der Waals surface area contributed by atoms with Crippen molar-refractivity contribution in [1.82, 2.24) is 5.32 Å². The van der Waals surface area contributed by atoms with Crippen LogP contribution in [0.3, 0.4) is 0 Å². The van der Waals surface area contributed by atoms with E-state index in [1.165, 1.54) is 0 Å². The number of carbonyl (C=O) groups excluding carboxylic acids is 1. The van der Waals surface area contributed by atoms with Crippen LogP contribution in [0.25, 0.3) is 0 Å². The lowest BCUT2D eigenvalue weighted by atomic mass is 10.1. The van der Waals surface area contributed by atoms with E-state index in [4.69, 9.17) is 16.3 Å². The van der Waals surface area contributed by atoms with E-state index in [9.17, 15) is 4.79 Å². The molecule has 0 aliphatic heterocycles. The second-order valence-corrected chi connectivity index (χ2v) is 4.32. The molecule has 92 valence electrons. The van der Waals surface area contributed by atoms with E-state index in [0.717, 1.165) is 16.9 Å². The number of carbonyl (C=O) groups is 1. The van der Waals surface area contributed by atoms with Gasteiger partial charge in [-0.2, -0.15) is 0 Å². The van der Waals surface area contributed by atoms with Gasteiger partial charge < -0.3 is 10.1 Å². The van der Waals surface area contributed by atoms with Crippen LogP contribution < -0.4 is 10.1 Å². The molecule has 0 bridgehead atoms. The van der Waals surface area contributed by atoms with E-state index in [1.807, 2.05) is 25.1 Å². The number of halogens is 1. The first kappa shape index (κ1) is 13.6. The monoisotopic (exact) mass is 253 g/mol. The van der Waals surface area contributed by atoms with E-state index < -0.39 is 0 Å². The summed E-state index contributed by atoms with van der Waals surface area (Å²) in [5.41, 5.74) is 1.96. The molecular formula is C13H16ClNO2. The van der Waals surface area contributed by atoms with Crippen LogP contribution in [0.1, 0.15) is 11.1 Å². The fraction of sp³-hybridized carbons (Fsp3) is 0.308. The lowest BCUT2D eigenvalue weighted by Crippen LogP contribution is -2.26. The summed E-state index contributed by atoms with van der Waals surface area (Å²) in [6.07, 6.45) is 0.273. The van der Waals surface area contributed by atoms with Crippen LogP contribution in [-0.2, 0) is 11.2 Å². The van der Waals surface area contributed by atoms with E-state index >= 15 is 0 Å². The Balaban J connectivity index is 2.69. The Hall–Kier alpha value is -1.48. The zero-order valence-electron chi connectivity index (χ0n) is 10.0. The van der Waals surface area contributed by atoms with E-state index in [-0.39, 0.29) is 18.9 Å². The highest BCUT2D eigenvalue weighted by Crippen LogP contribution is 2.20. The summed E-state index contributed by atoms with van der Waals surface area (Å²) in [5.74, 6) is 0.617. The Bertz CT molecular complexity index is 429. The summed E-state index contributed by atoms with van der Waals surface area (Å²) in [6.45, 7) is 5.77. The van der Waals surface area contributed by atoms with Gasteiger partial charge in [-0.25, -0.2) is 0 Å². The van der Waals surface area contributed by atoms with Gasteiger partial charge in [0.15, 0.2) is 0 Å². The highest BCUT2D eigenvalue weighted by atomic mass is 35.5. The number of benzene rings is 1. The van der Waals surface area contributed by atoms with Crippen LogP contribution in [-0.4, -0.2) is 19.6 Å². The molecule has 1 rings (SSSR count). The third kappa shape index (κ3) is 4.49. The summed E-state index contributed by atoms with van der Waals surface area (Å²) in [5, 5.41) is 3.09. The number of amides is 1. The van der Waals surface area contributed by atoms with Crippen molar-refractivity contribution in [3.8, 4) is 5.75 Å². The second kappa shape index (κ2) is 6.30. The molecule has 0 saturated carbocycles. The van der Waals surface area contributed by atoms with Crippen molar-refractivity contribution in [2.24, 2.45) is 0 Å². The normalized spacial score (nSPS) is 9.82. The lowest BCUT2D eigenvalue weighted by Gasteiger charge is -2.09. The molecule has 0 atom stereocenters. The molecule has 0 spiro atoms. The molecule has 17 heavy (non-hydrogen) atoms. The van der Waals surface area contributed by atoms with Crippen molar-refractivity contribution in [3.63, 3.8) is 0 Å². The van der Waals surface area contributed by atoms with Gasteiger partial charge >= 0.3 is 0 Å². The quantitative estimate of drug-likeness (QED) is 0.875. The molecule has 0 aromatic heterocycles. The molecule has 0 saturated heterocycles. The van der Waals surface area contributed by atoms with Crippen molar-refractivity contribution in [3.05, 3.63) is 40.9 Å². The maximum atomic E-state index is 11.6. The van der Waals surface area contributed by atoms with Gasteiger partial charge in [0, 0.05) is 10.6 Å². The summed E-state index contributed by atoms with van der Waals surface area (Å²) in [4.78, 5) is 11.6. The highest BCUT2D eigenvalue weighted by molar-refractivity contribution is 6.29. The van der Waals surface area contributed by atoms with Crippen LogP contribution >= 0.6 is 11.6 Å². The average molecular weight is 254 g/mol. The number of nitrogens with one attached hydrogen (secondary N) is 1. The van der Waals surface area contributed by atoms with Gasteiger partial charge in [-0.3, -0.25) is 4.79 Å². The summed E-state index contributed by atoms with van der Waals surface area (Å²) >= 11 is 5.57. The zero-order valence-corrected chi connectivity index (χ0v) is 10.8. The molecule has 1 aromatic carbocycles. The first-order valence-electron chi connectivity index (χ1n) is 5.26. The Labute approximate surface area is 106 Å². The SMILES string of the molecule is C=C(Cl)CNC(=O)Cc1cc(C)ccc1OC. The number of rotatable bonds is 5. The molecule has 0 radical (unpaired) electrons.